The highest BCUT2D eigenvalue weighted by atomic mass is 31.2. The van der Waals surface area contributed by atoms with Crippen LogP contribution in [-0.4, -0.2) is 74.4 Å². The molecule has 0 radical (unpaired) electrons. The minimum Gasteiger partial charge on any atom is -0.419 e. The number of halogens is 1. The highest BCUT2D eigenvalue weighted by molar-refractivity contribution is 7.47. The first kappa shape index (κ1) is 50.4. The van der Waals surface area contributed by atoms with Crippen molar-refractivity contribution in [3.8, 4) is 12.3 Å². The van der Waals surface area contributed by atoms with Gasteiger partial charge in [-0.25, -0.2) is 18.5 Å². The number of hydrogen-bond acceptors (Lipinski definition) is 13. The van der Waals surface area contributed by atoms with Gasteiger partial charge in [0.15, 0.2) is 11.9 Å². The van der Waals surface area contributed by atoms with Crippen LogP contribution in [0.2, 0.25) is 0 Å². The first-order chi connectivity index (χ1) is 29.0. The molecule has 1 aromatic carbocycles. The van der Waals surface area contributed by atoms with Crippen LogP contribution in [0.15, 0.2) is 43.2 Å². The Hall–Kier alpha value is -3.96. The number of nitrogens with zero attached hydrogens (tertiary/aromatic N) is 5. The van der Waals surface area contributed by atoms with E-state index in [9.17, 15) is 34.6 Å². The Balaban J connectivity index is 1.48. The maximum absolute atomic E-state index is 14.9. The topological polar surface area (TPSA) is 228 Å². The van der Waals surface area contributed by atoms with Gasteiger partial charge in [-0.2, -0.15) is 15.6 Å². The second-order valence-electron chi connectivity index (χ2n) is 15.0. The summed E-state index contributed by atoms with van der Waals surface area (Å²) < 4.78 is 56.1. The molecular weight excluding hydrogens is 794 g/mol. The van der Waals surface area contributed by atoms with Gasteiger partial charge in [-0.15, -0.1) is 6.58 Å². The SMILES string of the molecule is C=CCc1c(F)cc(CO[C@H](COCCCCCCCCCCCCCCCCCC)COP(=O)(O)OC[C@@H](OC#N)[C@@H](O)[C@@H](O)c2ccc3c(N)ncnn23)cc1C#N. The fraction of sp³-hybridized carbons (Fsp3) is 0.628. The van der Waals surface area contributed by atoms with Gasteiger partial charge in [-0.05, 0) is 42.7 Å². The number of allylic oxidation sites excluding steroid dienone is 1. The molecule has 0 aliphatic rings. The van der Waals surface area contributed by atoms with Crippen LogP contribution in [0.4, 0.5) is 10.2 Å². The number of fused-ring (bicyclic) bond motifs is 1. The van der Waals surface area contributed by atoms with Crippen molar-refractivity contribution in [2.45, 2.75) is 147 Å². The summed E-state index contributed by atoms with van der Waals surface area (Å²) in [6.45, 7) is 4.74. The summed E-state index contributed by atoms with van der Waals surface area (Å²) in [5, 5.41) is 44.6. The molecule has 5 N–H and O–H groups in total. The average molecular weight is 859 g/mol. The average Bonchev–Trinajstić information content (AvgIpc) is 3.68. The highest BCUT2D eigenvalue weighted by Crippen LogP contribution is 2.44. The van der Waals surface area contributed by atoms with E-state index in [4.69, 9.17) is 29.0 Å². The molecule has 3 rings (SSSR count). The van der Waals surface area contributed by atoms with Crippen LogP contribution in [0.5, 0.6) is 0 Å². The van der Waals surface area contributed by atoms with E-state index in [1.807, 2.05) is 6.07 Å². The number of benzene rings is 1. The number of ether oxygens (including phenoxy) is 3. The zero-order chi connectivity index (χ0) is 43.6. The Morgan fingerprint density at radius 2 is 1.55 bits per heavy atom. The number of nitrogens with two attached hydrogens (primary N) is 1. The van der Waals surface area contributed by atoms with Crippen LogP contribution >= 0.6 is 7.82 Å². The summed E-state index contributed by atoms with van der Waals surface area (Å²) in [5.41, 5.74) is 7.00. The van der Waals surface area contributed by atoms with Crippen LogP contribution in [0.1, 0.15) is 138 Å². The van der Waals surface area contributed by atoms with Gasteiger partial charge in [0.2, 0.25) is 0 Å². The number of aliphatic hydroxyl groups is 2. The molecule has 1 unspecified atom stereocenters. The number of nitrogen functional groups attached to an aromatic ring is 1. The molecule has 2 aromatic heterocycles. The number of hydrogen-bond donors (Lipinski definition) is 4. The summed E-state index contributed by atoms with van der Waals surface area (Å²) in [6.07, 6.45) is 18.1. The molecule has 17 heteroatoms. The van der Waals surface area contributed by atoms with Gasteiger partial charge >= 0.3 is 7.82 Å². The van der Waals surface area contributed by atoms with E-state index >= 15 is 0 Å². The molecule has 15 nitrogen and oxygen atoms in total. The third-order valence-corrected chi connectivity index (χ3v) is 11.2. The minimum atomic E-state index is -4.88. The number of aliphatic hydroxyl groups excluding tert-OH is 2. The second kappa shape index (κ2) is 28.5. The van der Waals surface area contributed by atoms with Crippen molar-refractivity contribution in [1.29, 1.82) is 10.5 Å². The standard InChI is InChI=1S/C43H64FN6O9P/c1-3-5-6-7-8-9-10-11-12-13-14-15-16-17-18-19-23-55-28-35(56-27-33-24-34(26-45)36(20-4-2)37(44)25-33)29-58-60(53,54)59-30-40(57-31-46)42(52)41(51)38-21-22-39-43(47)48-32-49-50(38)39/h4,21-22,24-25,32,35,40-42,51-52H,2-3,5-20,23,27-30H2,1H3,(H,53,54)(H2,47,48,49)/t35-,40-,41+,42-/m1/s1. The summed E-state index contributed by atoms with van der Waals surface area (Å²) >= 11 is 0. The number of phosphoric ester groups is 1. The Morgan fingerprint density at radius 1 is 0.933 bits per heavy atom. The van der Waals surface area contributed by atoms with E-state index in [2.05, 4.69) is 23.6 Å². The maximum Gasteiger partial charge on any atom is 0.472 e. The number of aromatic nitrogens is 3. The molecule has 0 aliphatic heterocycles. The summed E-state index contributed by atoms with van der Waals surface area (Å²) in [5.74, 6) is -0.463. The number of unbranched alkanes of at least 4 members (excludes halogenated alkanes) is 15. The summed E-state index contributed by atoms with van der Waals surface area (Å²) in [6, 6.07) is 7.71. The van der Waals surface area contributed by atoms with Crippen molar-refractivity contribution in [2.24, 2.45) is 0 Å². The second-order valence-corrected chi connectivity index (χ2v) is 16.4. The van der Waals surface area contributed by atoms with Gasteiger partial charge in [0.05, 0.1) is 43.8 Å². The van der Waals surface area contributed by atoms with E-state index in [1.165, 1.54) is 125 Å². The Kier molecular flexibility index (Phi) is 24.0. The first-order valence-corrected chi connectivity index (χ1v) is 22.7. The molecule has 0 spiro atoms. The van der Waals surface area contributed by atoms with Gasteiger partial charge < -0.3 is 35.1 Å². The fourth-order valence-corrected chi connectivity index (χ4v) is 7.55. The molecule has 2 heterocycles. The fourth-order valence-electron chi connectivity index (χ4n) is 6.78. The smallest absolute Gasteiger partial charge is 0.419 e. The van der Waals surface area contributed by atoms with Crippen molar-refractivity contribution >= 4 is 19.2 Å². The Morgan fingerprint density at radius 3 is 2.15 bits per heavy atom. The zero-order valence-electron chi connectivity index (χ0n) is 35.0. The molecule has 3 aromatic rings. The van der Waals surface area contributed by atoms with E-state index in [0.717, 1.165) is 25.6 Å². The van der Waals surface area contributed by atoms with E-state index in [0.29, 0.717) is 17.7 Å². The van der Waals surface area contributed by atoms with Gasteiger partial charge in [0.1, 0.15) is 36.0 Å². The Bertz CT molecular complexity index is 1840. The quantitative estimate of drug-likeness (QED) is 0.0192. The summed E-state index contributed by atoms with van der Waals surface area (Å²) in [4.78, 5) is 14.4. The predicted octanol–water partition coefficient (Wildman–Crippen LogP) is 8.31. The molecule has 60 heavy (non-hydrogen) atoms. The van der Waals surface area contributed by atoms with Crippen LogP contribution in [0, 0.1) is 28.7 Å². The highest BCUT2D eigenvalue weighted by Gasteiger charge is 2.35. The molecule has 0 saturated carbocycles. The largest absolute Gasteiger partial charge is 0.472 e. The minimum absolute atomic E-state index is 0.0364. The lowest BCUT2D eigenvalue weighted by atomic mass is 10.0. The van der Waals surface area contributed by atoms with Gasteiger partial charge in [-0.1, -0.05) is 109 Å². The third-order valence-electron chi connectivity index (χ3n) is 10.2. The molecular formula is C43H64FN6O9P. The number of phosphoric acid groups is 1. The zero-order valence-corrected chi connectivity index (χ0v) is 35.9. The van der Waals surface area contributed by atoms with Gasteiger partial charge in [0, 0.05) is 12.2 Å². The lowest BCUT2D eigenvalue weighted by Gasteiger charge is -2.25. The number of rotatable bonds is 34. The molecule has 0 aliphatic carbocycles. The van der Waals surface area contributed by atoms with Gasteiger partial charge in [-0.3, -0.25) is 9.05 Å². The monoisotopic (exact) mass is 858 g/mol. The van der Waals surface area contributed by atoms with Crippen LogP contribution in [0.3, 0.4) is 0 Å². The summed E-state index contributed by atoms with van der Waals surface area (Å²) in [7, 11) is -4.88. The molecule has 332 valence electrons. The molecule has 0 amide bonds. The van der Waals surface area contributed by atoms with Crippen molar-refractivity contribution in [1.82, 2.24) is 14.6 Å². The molecule has 5 atom stereocenters. The normalized spacial score (nSPS) is 14.5. The van der Waals surface area contributed by atoms with Crippen LogP contribution in [0.25, 0.3) is 5.52 Å². The van der Waals surface area contributed by atoms with Crippen molar-refractivity contribution < 1.29 is 47.3 Å². The van der Waals surface area contributed by atoms with Crippen LogP contribution < -0.4 is 5.73 Å². The van der Waals surface area contributed by atoms with Crippen molar-refractivity contribution in [3.63, 3.8) is 0 Å². The lowest BCUT2D eigenvalue weighted by molar-refractivity contribution is -0.0821. The van der Waals surface area contributed by atoms with E-state index in [1.54, 1.807) is 0 Å². The van der Waals surface area contributed by atoms with E-state index in [-0.39, 0.29) is 42.3 Å². The molecule has 0 bridgehead atoms. The molecule has 0 saturated heterocycles. The van der Waals surface area contributed by atoms with E-state index < -0.39 is 51.3 Å². The first-order valence-electron chi connectivity index (χ1n) is 21.2. The number of anilines is 1. The van der Waals surface area contributed by atoms with Crippen molar-refractivity contribution in [3.05, 3.63) is 71.4 Å². The van der Waals surface area contributed by atoms with Crippen molar-refractivity contribution in [2.75, 3.05) is 32.2 Å². The van der Waals surface area contributed by atoms with Crippen LogP contribution in [-0.2, 0) is 40.9 Å². The Labute approximate surface area is 353 Å². The lowest BCUT2D eigenvalue weighted by Crippen LogP contribution is -2.37. The third kappa shape index (κ3) is 17.9. The number of nitriles is 2. The molecule has 0 fully saturated rings. The maximum atomic E-state index is 14.9. The predicted molar refractivity (Wildman–Crippen MR) is 225 cm³/mol. The van der Waals surface area contributed by atoms with Gasteiger partial charge in [0.25, 0.3) is 6.26 Å².